The number of aryl methyl sites for hydroxylation is 1. The number of hydrogen-bond acceptors (Lipinski definition) is 3. The molecule has 2 aromatic rings. The van der Waals surface area contributed by atoms with Gasteiger partial charge in [0.15, 0.2) is 5.78 Å². The Hall–Kier alpha value is -2.55. The second kappa shape index (κ2) is 8.34. The van der Waals surface area contributed by atoms with Crippen molar-refractivity contribution in [3.8, 4) is 5.75 Å². The van der Waals surface area contributed by atoms with Gasteiger partial charge in [-0.3, -0.25) is 4.79 Å². The van der Waals surface area contributed by atoms with E-state index in [1.165, 1.54) is 11.3 Å². The van der Waals surface area contributed by atoms with Crippen molar-refractivity contribution in [1.29, 1.82) is 0 Å². The average molecular weight is 323 g/mol. The molecule has 0 radical (unpaired) electrons. The second-order valence-corrected chi connectivity index (χ2v) is 6.27. The van der Waals surface area contributed by atoms with Crippen LogP contribution in [0, 0.1) is 6.92 Å². The van der Waals surface area contributed by atoms with Crippen molar-refractivity contribution in [1.82, 2.24) is 0 Å². The monoisotopic (exact) mass is 323 g/mol. The van der Waals surface area contributed by atoms with Gasteiger partial charge in [-0.15, -0.1) is 0 Å². The van der Waals surface area contributed by atoms with Crippen molar-refractivity contribution in [2.45, 2.75) is 26.2 Å². The van der Waals surface area contributed by atoms with Gasteiger partial charge in [0.25, 0.3) is 0 Å². The molecule has 0 saturated heterocycles. The molecule has 3 nitrogen and oxygen atoms in total. The Morgan fingerprint density at radius 3 is 2.29 bits per heavy atom. The van der Waals surface area contributed by atoms with Crippen LogP contribution in [0.15, 0.2) is 54.1 Å². The Bertz CT molecular complexity index is 715. The van der Waals surface area contributed by atoms with Crippen LogP contribution in [0.25, 0.3) is 6.08 Å². The highest BCUT2D eigenvalue weighted by atomic mass is 16.3. The summed E-state index contributed by atoms with van der Waals surface area (Å²) in [6.45, 7) is 2.10. The van der Waals surface area contributed by atoms with Crippen LogP contribution < -0.4 is 4.90 Å². The third-order valence-corrected chi connectivity index (χ3v) is 3.97. The normalized spacial score (nSPS) is 15.1. The van der Waals surface area contributed by atoms with Crippen molar-refractivity contribution >= 4 is 17.5 Å². The predicted molar refractivity (Wildman–Crippen MR) is 100 cm³/mol. The number of phenols is 1. The first-order chi connectivity index (χ1) is 11.5. The number of allylic oxidation sites excluding steroid dienone is 1. The molecule has 0 unspecified atom stereocenters. The fourth-order valence-electron chi connectivity index (χ4n) is 2.55. The van der Waals surface area contributed by atoms with E-state index in [0.717, 1.165) is 24.0 Å². The summed E-state index contributed by atoms with van der Waals surface area (Å²) in [5.41, 5.74) is 4.35. The number of ketones is 1. The molecule has 126 valence electrons. The zero-order valence-electron chi connectivity index (χ0n) is 14.6. The van der Waals surface area contributed by atoms with Crippen LogP contribution in [0.1, 0.15) is 30.4 Å². The summed E-state index contributed by atoms with van der Waals surface area (Å²) in [4.78, 5) is 13.4. The Morgan fingerprint density at radius 1 is 1.04 bits per heavy atom. The molecule has 2 aromatic carbocycles. The van der Waals surface area contributed by atoms with Crippen molar-refractivity contribution in [3.63, 3.8) is 0 Å². The molecule has 0 spiro atoms. The van der Waals surface area contributed by atoms with Gasteiger partial charge >= 0.3 is 0 Å². The number of aromatic hydroxyl groups is 1. The van der Waals surface area contributed by atoms with Gasteiger partial charge in [0.2, 0.25) is 0 Å². The Kier molecular flexibility index (Phi) is 6.19. The van der Waals surface area contributed by atoms with Crippen LogP contribution in [0.4, 0.5) is 5.69 Å². The maximum Gasteiger partial charge on any atom is 0.158 e. The van der Waals surface area contributed by atoms with Crippen LogP contribution in [-0.4, -0.2) is 25.0 Å². The molecule has 0 bridgehead atoms. The molecule has 1 aliphatic carbocycles. The first-order valence-corrected chi connectivity index (χ1v) is 8.22. The van der Waals surface area contributed by atoms with Crippen molar-refractivity contribution in [2.24, 2.45) is 0 Å². The van der Waals surface area contributed by atoms with Gasteiger partial charge in [0.05, 0.1) is 0 Å². The average Bonchev–Trinajstić information content (AvgIpc) is 2.93. The van der Waals surface area contributed by atoms with E-state index >= 15 is 0 Å². The van der Waals surface area contributed by atoms with Crippen LogP contribution in [0.2, 0.25) is 0 Å². The summed E-state index contributed by atoms with van der Waals surface area (Å²) in [5, 5.41) is 9.24. The molecular formula is C21H25NO2. The summed E-state index contributed by atoms with van der Waals surface area (Å²) in [6, 6.07) is 15.4. The van der Waals surface area contributed by atoms with E-state index < -0.39 is 0 Å². The molecule has 24 heavy (non-hydrogen) atoms. The van der Waals surface area contributed by atoms with Crippen LogP contribution in [0.5, 0.6) is 5.75 Å². The maximum absolute atomic E-state index is 11.3. The minimum atomic E-state index is 0.241. The lowest BCUT2D eigenvalue weighted by Crippen LogP contribution is -2.07. The van der Waals surface area contributed by atoms with E-state index in [1.54, 1.807) is 18.2 Å². The van der Waals surface area contributed by atoms with Gasteiger partial charge in [-0.2, -0.15) is 0 Å². The Morgan fingerprint density at radius 2 is 1.75 bits per heavy atom. The third-order valence-electron chi connectivity index (χ3n) is 3.97. The molecule has 3 heteroatoms. The van der Waals surface area contributed by atoms with Gasteiger partial charge < -0.3 is 10.0 Å². The summed E-state index contributed by atoms with van der Waals surface area (Å²) < 4.78 is 0. The minimum Gasteiger partial charge on any atom is -0.508 e. The predicted octanol–water partition coefficient (Wildman–Crippen LogP) is 4.59. The molecule has 1 N–H and O–H groups in total. The van der Waals surface area contributed by atoms with E-state index in [1.807, 2.05) is 26.2 Å². The zero-order chi connectivity index (χ0) is 17.5. The van der Waals surface area contributed by atoms with Gasteiger partial charge in [-0.1, -0.05) is 29.8 Å². The lowest BCUT2D eigenvalue weighted by molar-refractivity contribution is -0.114. The number of nitrogens with zero attached hydrogens (tertiary/aromatic N) is 1. The molecule has 1 aliphatic rings. The first kappa shape index (κ1) is 17.8. The highest BCUT2D eigenvalue weighted by molar-refractivity contribution is 6.01. The Balaban J connectivity index is 0.000000185. The molecule has 3 rings (SSSR count). The zero-order valence-corrected chi connectivity index (χ0v) is 14.6. The maximum atomic E-state index is 11.3. The number of Topliss-reactive ketones (excluding diaryl/α,β-unsaturated/α-hetero) is 1. The molecule has 0 amide bonds. The Labute approximate surface area is 144 Å². The lowest BCUT2D eigenvalue weighted by Gasteiger charge is -2.11. The third kappa shape index (κ3) is 5.27. The first-order valence-electron chi connectivity index (χ1n) is 8.22. The van der Waals surface area contributed by atoms with E-state index in [2.05, 4.69) is 36.1 Å². The smallest absolute Gasteiger partial charge is 0.158 e. The number of hydrogen-bond donors (Lipinski definition) is 1. The largest absolute Gasteiger partial charge is 0.508 e. The van der Waals surface area contributed by atoms with Crippen LogP contribution in [0.3, 0.4) is 0 Å². The second-order valence-electron chi connectivity index (χ2n) is 6.27. The quantitative estimate of drug-likeness (QED) is 0.822. The standard InChI is InChI=1S/C12H12O2.C9H13N/c13-11-5-1-3-9(8-11)7-10-4-2-6-12(10)14;1-8-4-6-9(7-5-8)10(2)3/h1,3,5,7-8,13H,2,4,6H2;4-7H,1-3H3. The molecule has 0 atom stereocenters. The van der Waals surface area contributed by atoms with E-state index in [0.29, 0.717) is 6.42 Å². The summed E-state index contributed by atoms with van der Waals surface area (Å²) in [6.07, 6.45) is 4.37. The summed E-state index contributed by atoms with van der Waals surface area (Å²) in [7, 11) is 4.09. The fraction of sp³-hybridized carbons (Fsp3) is 0.286. The number of phenolic OH excluding ortho intramolecular Hbond substituents is 1. The lowest BCUT2D eigenvalue weighted by atomic mass is 10.1. The van der Waals surface area contributed by atoms with Gasteiger partial charge in [-0.05, 0) is 61.2 Å². The topological polar surface area (TPSA) is 40.5 Å². The van der Waals surface area contributed by atoms with Crippen molar-refractivity contribution in [2.75, 3.05) is 19.0 Å². The van der Waals surface area contributed by atoms with E-state index in [-0.39, 0.29) is 11.5 Å². The number of benzene rings is 2. The fourth-order valence-corrected chi connectivity index (χ4v) is 2.55. The molecule has 0 aliphatic heterocycles. The van der Waals surface area contributed by atoms with Crippen molar-refractivity contribution < 1.29 is 9.90 Å². The number of anilines is 1. The van der Waals surface area contributed by atoms with Gasteiger partial charge in [0, 0.05) is 26.2 Å². The van der Waals surface area contributed by atoms with Crippen LogP contribution in [-0.2, 0) is 4.79 Å². The molecular weight excluding hydrogens is 298 g/mol. The SMILES string of the molecule is Cc1ccc(N(C)C)cc1.O=C1CCCC1=Cc1cccc(O)c1. The molecule has 1 saturated carbocycles. The van der Waals surface area contributed by atoms with Crippen molar-refractivity contribution in [3.05, 3.63) is 65.2 Å². The number of carbonyl (C=O) groups is 1. The van der Waals surface area contributed by atoms with E-state index in [9.17, 15) is 9.90 Å². The number of carbonyl (C=O) groups excluding carboxylic acids is 1. The van der Waals surface area contributed by atoms with Crippen LogP contribution >= 0.6 is 0 Å². The highest BCUT2D eigenvalue weighted by Gasteiger charge is 2.16. The minimum absolute atomic E-state index is 0.241. The molecule has 0 aromatic heterocycles. The summed E-state index contributed by atoms with van der Waals surface area (Å²) in [5.74, 6) is 0.484. The summed E-state index contributed by atoms with van der Waals surface area (Å²) >= 11 is 0. The van der Waals surface area contributed by atoms with E-state index in [4.69, 9.17) is 0 Å². The van der Waals surface area contributed by atoms with Gasteiger partial charge in [0.1, 0.15) is 5.75 Å². The van der Waals surface area contributed by atoms with Gasteiger partial charge in [-0.25, -0.2) is 0 Å². The molecule has 1 fully saturated rings. The highest BCUT2D eigenvalue weighted by Crippen LogP contribution is 2.23. The number of rotatable bonds is 2. The molecule has 0 heterocycles.